The Labute approximate surface area is 134 Å². The third kappa shape index (κ3) is 4.22. The molecule has 0 aromatic rings. The standard InChI is InChI=1S/C17H31N3O2/c1-3-5-7-14(4-2)17(22)19-10-6-8-15(13-19)20-11-9-18-12-16(20)21/h14-15,18H,3-13H2,1-2H3. The molecule has 0 radical (unpaired) electrons. The topological polar surface area (TPSA) is 52.7 Å². The molecular formula is C17H31N3O2. The van der Waals surface area contributed by atoms with E-state index >= 15 is 0 Å². The first-order valence-corrected chi connectivity index (χ1v) is 8.96. The lowest BCUT2D eigenvalue weighted by Crippen LogP contribution is -2.58. The van der Waals surface area contributed by atoms with Crippen molar-refractivity contribution < 1.29 is 9.59 Å². The minimum absolute atomic E-state index is 0.164. The summed E-state index contributed by atoms with van der Waals surface area (Å²) in [7, 11) is 0. The number of piperidine rings is 1. The first-order chi connectivity index (χ1) is 10.7. The van der Waals surface area contributed by atoms with Gasteiger partial charge in [0.2, 0.25) is 11.8 Å². The van der Waals surface area contributed by atoms with Gasteiger partial charge in [0.25, 0.3) is 0 Å². The second-order valence-electron chi connectivity index (χ2n) is 6.59. The van der Waals surface area contributed by atoms with E-state index in [2.05, 4.69) is 19.2 Å². The van der Waals surface area contributed by atoms with Crippen LogP contribution in [0.2, 0.25) is 0 Å². The Kier molecular flexibility index (Phi) is 6.68. The highest BCUT2D eigenvalue weighted by molar-refractivity contribution is 5.80. The summed E-state index contributed by atoms with van der Waals surface area (Å²) in [6.07, 6.45) is 6.23. The van der Waals surface area contributed by atoms with Gasteiger partial charge in [-0.1, -0.05) is 26.7 Å². The molecule has 22 heavy (non-hydrogen) atoms. The number of carbonyl (C=O) groups is 2. The van der Waals surface area contributed by atoms with Crippen molar-refractivity contribution in [2.24, 2.45) is 5.92 Å². The van der Waals surface area contributed by atoms with Crippen LogP contribution in [0, 0.1) is 5.92 Å². The van der Waals surface area contributed by atoms with Crippen LogP contribution in [0.3, 0.4) is 0 Å². The Balaban J connectivity index is 1.94. The predicted octanol–water partition coefficient (Wildman–Crippen LogP) is 1.63. The number of likely N-dealkylation sites (tertiary alicyclic amines) is 1. The molecule has 5 heteroatoms. The number of hydrogen-bond acceptors (Lipinski definition) is 3. The van der Waals surface area contributed by atoms with E-state index in [1.807, 2.05) is 9.80 Å². The van der Waals surface area contributed by atoms with E-state index in [4.69, 9.17) is 0 Å². The normalized spacial score (nSPS) is 24.5. The van der Waals surface area contributed by atoms with Gasteiger partial charge in [-0.3, -0.25) is 9.59 Å². The van der Waals surface area contributed by atoms with Gasteiger partial charge < -0.3 is 15.1 Å². The van der Waals surface area contributed by atoms with Crippen LogP contribution in [0.4, 0.5) is 0 Å². The fourth-order valence-corrected chi connectivity index (χ4v) is 3.63. The van der Waals surface area contributed by atoms with Crippen LogP contribution in [0.25, 0.3) is 0 Å². The van der Waals surface area contributed by atoms with Crippen molar-refractivity contribution in [1.29, 1.82) is 0 Å². The van der Waals surface area contributed by atoms with Crippen molar-refractivity contribution >= 4 is 11.8 Å². The van der Waals surface area contributed by atoms with E-state index in [-0.39, 0.29) is 17.9 Å². The van der Waals surface area contributed by atoms with Crippen LogP contribution < -0.4 is 5.32 Å². The van der Waals surface area contributed by atoms with Gasteiger partial charge in [-0.05, 0) is 25.7 Å². The lowest BCUT2D eigenvalue weighted by Gasteiger charge is -2.42. The SMILES string of the molecule is CCCCC(CC)C(=O)N1CCCC(N2CCNCC2=O)C1. The van der Waals surface area contributed by atoms with E-state index in [0.717, 1.165) is 64.7 Å². The smallest absolute Gasteiger partial charge is 0.236 e. The molecule has 2 aliphatic heterocycles. The largest absolute Gasteiger partial charge is 0.340 e. The molecule has 0 aromatic heterocycles. The molecule has 1 N–H and O–H groups in total. The van der Waals surface area contributed by atoms with Crippen molar-refractivity contribution in [3.63, 3.8) is 0 Å². The number of unbranched alkanes of at least 4 members (excludes halogenated alkanes) is 1. The zero-order valence-corrected chi connectivity index (χ0v) is 14.1. The van der Waals surface area contributed by atoms with E-state index in [1.165, 1.54) is 0 Å². The minimum Gasteiger partial charge on any atom is -0.340 e. The Hall–Kier alpha value is -1.10. The summed E-state index contributed by atoms with van der Waals surface area (Å²) in [5.74, 6) is 0.657. The highest BCUT2D eigenvalue weighted by Gasteiger charge is 2.33. The van der Waals surface area contributed by atoms with Crippen LogP contribution in [0.5, 0.6) is 0 Å². The van der Waals surface area contributed by atoms with E-state index in [1.54, 1.807) is 0 Å². The Morgan fingerprint density at radius 1 is 1.36 bits per heavy atom. The van der Waals surface area contributed by atoms with Gasteiger partial charge in [0.15, 0.2) is 0 Å². The molecule has 0 aromatic carbocycles. The fraction of sp³-hybridized carbons (Fsp3) is 0.882. The average molecular weight is 309 g/mol. The van der Waals surface area contributed by atoms with Crippen molar-refractivity contribution in [2.45, 2.75) is 58.4 Å². The van der Waals surface area contributed by atoms with Gasteiger partial charge in [-0.15, -0.1) is 0 Å². The first-order valence-electron chi connectivity index (χ1n) is 8.96. The zero-order valence-electron chi connectivity index (χ0n) is 14.1. The lowest BCUT2D eigenvalue weighted by molar-refractivity contribution is -0.143. The number of nitrogens with one attached hydrogen (secondary N) is 1. The summed E-state index contributed by atoms with van der Waals surface area (Å²) in [5, 5.41) is 3.12. The van der Waals surface area contributed by atoms with Gasteiger partial charge in [0.1, 0.15) is 0 Å². The van der Waals surface area contributed by atoms with Crippen molar-refractivity contribution in [2.75, 3.05) is 32.7 Å². The highest BCUT2D eigenvalue weighted by Crippen LogP contribution is 2.22. The maximum absolute atomic E-state index is 12.8. The number of rotatable bonds is 6. The van der Waals surface area contributed by atoms with Crippen LogP contribution in [0.1, 0.15) is 52.4 Å². The molecule has 0 spiro atoms. The molecule has 2 fully saturated rings. The maximum atomic E-state index is 12.8. The van der Waals surface area contributed by atoms with Crippen LogP contribution in [-0.2, 0) is 9.59 Å². The second kappa shape index (κ2) is 8.51. The van der Waals surface area contributed by atoms with Gasteiger partial charge in [-0.25, -0.2) is 0 Å². The molecule has 2 amide bonds. The molecule has 2 unspecified atom stereocenters. The summed E-state index contributed by atoms with van der Waals surface area (Å²) in [4.78, 5) is 28.8. The van der Waals surface area contributed by atoms with Crippen LogP contribution in [-0.4, -0.2) is 60.4 Å². The zero-order chi connectivity index (χ0) is 15.9. The summed E-state index contributed by atoms with van der Waals surface area (Å²) in [5.41, 5.74) is 0. The molecule has 0 aliphatic carbocycles. The van der Waals surface area contributed by atoms with Gasteiger partial charge in [0, 0.05) is 38.1 Å². The summed E-state index contributed by atoms with van der Waals surface area (Å²) < 4.78 is 0. The van der Waals surface area contributed by atoms with Crippen LogP contribution in [0.15, 0.2) is 0 Å². The number of carbonyl (C=O) groups excluding carboxylic acids is 2. The molecule has 5 nitrogen and oxygen atoms in total. The number of piperazine rings is 1. The molecule has 2 atom stereocenters. The van der Waals surface area contributed by atoms with Gasteiger partial charge in [0.05, 0.1) is 6.54 Å². The Morgan fingerprint density at radius 2 is 2.18 bits per heavy atom. The molecule has 0 saturated carbocycles. The summed E-state index contributed by atoms with van der Waals surface area (Å²) >= 11 is 0. The molecule has 2 aliphatic rings. The first kappa shape index (κ1) is 17.3. The van der Waals surface area contributed by atoms with Crippen LogP contribution >= 0.6 is 0 Å². The molecule has 2 saturated heterocycles. The van der Waals surface area contributed by atoms with Crippen molar-refractivity contribution in [3.8, 4) is 0 Å². The number of hydrogen-bond donors (Lipinski definition) is 1. The number of nitrogens with zero attached hydrogens (tertiary/aromatic N) is 2. The minimum atomic E-state index is 0.164. The third-order valence-corrected chi connectivity index (χ3v) is 5.02. The quantitative estimate of drug-likeness (QED) is 0.811. The van der Waals surface area contributed by atoms with Gasteiger partial charge in [-0.2, -0.15) is 0 Å². The van der Waals surface area contributed by atoms with Crippen molar-refractivity contribution in [3.05, 3.63) is 0 Å². The molecule has 126 valence electrons. The fourth-order valence-electron chi connectivity index (χ4n) is 3.63. The average Bonchev–Trinajstić information content (AvgIpc) is 2.56. The predicted molar refractivity (Wildman–Crippen MR) is 87.5 cm³/mol. The van der Waals surface area contributed by atoms with E-state index < -0.39 is 0 Å². The Morgan fingerprint density at radius 3 is 2.86 bits per heavy atom. The number of amides is 2. The molecule has 2 heterocycles. The molecular weight excluding hydrogens is 278 g/mol. The second-order valence-corrected chi connectivity index (χ2v) is 6.59. The van der Waals surface area contributed by atoms with E-state index in [9.17, 15) is 9.59 Å². The maximum Gasteiger partial charge on any atom is 0.236 e. The van der Waals surface area contributed by atoms with Gasteiger partial charge >= 0.3 is 0 Å². The highest BCUT2D eigenvalue weighted by atomic mass is 16.2. The summed E-state index contributed by atoms with van der Waals surface area (Å²) in [6.45, 7) is 7.95. The third-order valence-electron chi connectivity index (χ3n) is 5.02. The molecule has 0 bridgehead atoms. The monoisotopic (exact) mass is 309 g/mol. The van der Waals surface area contributed by atoms with E-state index in [0.29, 0.717) is 12.5 Å². The molecule has 2 rings (SSSR count). The van der Waals surface area contributed by atoms with Crippen molar-refractivity contribution in [1.82, 2.24) is 15.1 Å². The lowest BCUT2D eigenvalue weighted by atomic mass is 9.95. The Bertz CT molecular complexity index is 386. The summed E-state index contributed by atoms with van der Waals surface area (Å²) in [6, 6.07) is 0.219.